The minimum atomic E-state index is -1.29. The topological polar surface area (TPSA) is 95.7 Å². The third-order valence-electron chi connectivity index (χ3n) is 4.93. The summed E-state index contributed by atoms with van der Waals surface area (Å²) in [7, 11) is 0.291. The molecule has 0 saturated heterocycles. The summed E-state index contributed by atoms with van der Waals surface area (Å²) in [6.07, 6.45) is 2.90. The van der Waals surface area contributed by atoms with E-state index in [9.17, 15) is 9.00 Å². The molecule has 3 aromatic rings. The molecule has 2 heterocycles. The second-order valence-corrected chi connectivity index (χ2v) is 8.48. The average molecular weight is 430 g/mol. The van der Waals surface area contributed by atoms with Crippen molar-refractivity contribution >= 4 is 33.8 Å². The minimum absolute atomic E-state index is 0.0865. The van der Waals surface area contributed by atoms with E-state index in [-0.39, 0.29) is 12.5 Å². The summed E-state index contributed by atoms with van der Waals surface area (Å²) in [4.78, 5) is 17.3. The number of nitrogens with zero attached hydrogens (tertiary/aromatic N) is 2. The number of rotatable bonds is 8. The van der Waals surface area contributed by atoms with Gasteiger partial charge in [-0.1, -0.05) is 29.8 Å². The maximum atomic E-state index is 12.7. The Balaban J connectivity index is 2.17. The van der Waals surface area contributed by atoms with Crippen LogP contribution in [0.25, 0.3) is 22.4 Å². The Labute approximate surface area is 178 Å². The number of pyridine rings is 1. The second kappa shape index (κ2) is 9.40. The van der Waals surface area contributed by atoms with Crippen molar-refractivity contribution in [3.8, 4) is 11.3 Å². The van der Waals surface area contributed by atoms with E-state index in [1.807, 2.05) is 44.2 Å². The molecule has 3 rings (SSSR count). The van der Waals surface area contributed by atoms with Crippen LogP contribution in [0, 0.1) is 13.8 Å². The first-order valence-electron chi connectivity index (χ1n) is 9.82. The van der Waals surface area contributed by atoms with Crippen molar-refractivity contribution < 1.29 is 18.5 Å². The van der Waals surface area contributed by atoms with Crippen molar-refractivity contribution in [3.63, 3.8) is 0 Å². The molecule has 1 amide bonds. The van der Waals surface area contributed by atoms with Gasteiger partial charge >= 0.3 is 0 Å². The number of benzene rings is 1. The molecule has 0 aliphatic carbocycles. The fourth-order valence-corrected chi connectivity index (χ4v) is 4.16. The smallest absolute Gasteiger partial charge is 0.255 e. The third kappa shape index (κ3) is 4.39. The second-order valence-electron chi connectivity index (χ2n) is 7.19. The van der Waals surface area contributed by atoms with E-state index in [0.29, 0.717) is 47.6 Å². The molecule has 0 saturated carbocycles. The number of furan rings is 1. The molecule has 2 N–H and O–H groups in total. The van der Waals surface area contributed by atoms with E-state index < -0.39 is 11.0 Å². The molecular formula is C22H27N3O4S. The number of nitrogens with one attached hydrogen (secondary N) is 1. The number of aliphatic hydroxyl groups excluding tert-OH is 1. The number of carbonyl (C=O) groups excluding carboxylic acids is 1. The van der Waals surface area contributed by atoms with Gasteiger partial charge in [0.25, 0.3) is 5.91 Å². The molecule has 1 unspecified atom stereocenters. The SMILES string of the molecule is CNC(=O)c1c(-c2ccc(C)cc2)oc2nc(N(CCCCO)S(C)=O)c(C)cc12. The summed E-state index contributed by atoms with van der Waals surface area (Å²) in [5.74, 6) is 0.754. The maximum absolute atomic E-state index is 12.7. The van der Waals surface area contributed by atoms with Gasteiger partial charge in [0, 0.05) is 32.0 Å². The van der Waals surface area contributed by atoms with E-state index >= 15 is 0 Å². The average Bonchev–Trinajstić information content (AvgIpc) is 3.08. The lowest BCUT2D eigenvalue weighted by Gasteiger charge is -2.21. The number of aryl methyl sites for hydroxylation is 2. The van der Waals surface area contributed by atoms with Crippen LogP contribution in [-0.4, -0.2) is 46.7 Å². The highest BCUT2D eigenvalue weighted by molar-refractivity contribution is 7.85. The van der Waals surface area contributed by atoms with Gasteiger partial charge in [-0.05, 0) is 38.3 Å². The molecular weight excluding hydrogens is 402 g/mol. The number of hydrogen-bond acceptors (Lipinski definition) is 5. The Morgan fingerprint density at radius 2 is 1.93 bits per heavy atom. The molecule has 30 heavy (non-hydrogen) atoms. The minimum Gasteiger partial charge on any atom is -0.437 e. The zero-order chi connectivity index (χ0) is 21.8. The van der Waals surface area contributed by atoms with Crippen LogP contribution in [0.5, 0.6) is 0 Å². The quantitative estimate of drug-likeness (QED) is 0.536. The Hall–Kier alpha value is -2.71. The maximum Gasteiger partial charge on any atom is 0.255 e. The number of hydrogen-bond donors (Lipinski definition) is 2. The Morgan fingerprint density at radius 3 is 2.53 bits per heavy atom. The number of aliphatic hydroxyl groups is 1. The van der Waals surface area contributed by atoms with Gasteiger partial charge in [-0.3, -0.25) is 9.10 Å². The van der Waals surface area contributed by atoms with Crippen LogP contribution in [0.3, 0.4) is 0 Å². The van der Waals surface area contributed by atoms with E-state index in [1.54, 1.807) is 17.6 Å². The summed E-state index contributed by atoms with van der Waals surface area (Å²) < 4.78 is 20.1. The van der Waals surface area contributed by atoms with Crippen molar-refractivity contribution in [2.75, 3.05) is 30.8 Å². The van der Waals surface area contributed by atoms with Crippen LogP contribution >= 0.6 is 0 Å². The van der Waals surface area contributed by atoms with E-state index in [0.717, 1.165) is 16.7 Å². The van der Waals surface area contributed by atoms with Crippen LogP contribution in [-0.2, 0) is 11.0 Å². The molecule has 160 valence electrons. The van der Waals surface area contributed by atoms with Crippen molar-refractivity contribution in [1.29, 1.82) is 0 Å². The number of amides is 1. The van der Waals surface area contributed by atoms with Crippen molar-refractivity contribution in [1.82, 2.24) is 10.3 Å². The summed E-state index contributed by atoms with van der Waals surface area (Å²) in [6, 6.07) is 9.60. The molecule has 8 heteroatoms. The lowest BCUT2D eigenvalue weighted by molar-refractivity contribution is 0.0964. The molecule has 0 fully saturated rings. The van der Waals surface area contributed by atoms with Gasteiger partial charge in [0.05, 0.1) is 10.9 Å². The molecule has 1 aromatic carbocycles. The van der Waals surface area contributed by atoms with Crippen LogP contribution in [0.15, 0.2) is 34.7 Å². The van der Waals surface area contributed by atoms with Gasteiger partial charge in [0.1, 0.15) is 22.6 Å². The fraction of sp³-hybridized carbons (Fsp3) is 0.364. The summed E-state index contributed by atoms with van der Waals surface area (Å²) in [5, 5.41) is 12.4. The van der Waals surface area contributed by atoms with Crippen molar-refractivity contribution in [2.45, 2.75) is 26.7 Å². The van der Waals surface area contributed by atoms with E-state index in [1.165, 1.54) is 0 Å². The van der Waals surface area contributed by atoms with Crippen LogP contribution < -0.4 is 9.62 Å². The van der Waals surface area contributed by atoms with Crippen molar-refractivity contribution in [3.05, 3.63) is 47.0 Å². The first-order valence-corrected chi connectivity index (χ1v) is 11.3. The number of fused-ring (bicyclic) bond motifs is 1. The number of carbonyl (C=O) groups is 1. The molecule has 0 bridgehead atoms. The van der Waals surface area contributed by atoms with Crippen LogP contribution in [0.2, 0.25) is 0 Å². The lowest BCUT2D eigenvalue weighted by atomic mass is 10.0. The Kier molecular flexibility index (Phi) is 6.89. The summed E-state index contributed by atoms with van der Waals surface area (Å²) in [6.45, 7) is 4.45. The Bertz CT molecular complexity index is 1080. The van der Waals surface area contributed by atoms with Crippen LogP contribution in [0.4, 0.5) is 5.82 Å². The predicted molar refractivity (Wildman–Crippen MR) is 120 cm³/mol. The highest BCUT2D eigenvalue weighted by atomic mass is 32.2. The largest absolute Gasteiger partial charge is 0.437 e. The monoisotopic (exact) mass is 429 g/mol. The summed E-state index contributed by atoms with van der Waals surface area (Å²) >= 11 is 0. The van der Waals surface area contributed by atoms with Gasteiger partial charge in [0.2, 0.25) is 5.71 Å². The first-order chi connectivity index (χ1) is 14.4. The first kappa shape index (κ1) is 22.0. The summed E-state index contributed by atoms with van der Waals surface area (Å²) in [5.41, 5.74) is 3.44. The lowest BCUT2D eigenvalue weighted by Crippen LogP contribution is -2.28. The molecule has 1 atom stereocenters. The van der Waals surface area contributed by atoms with Gasteiger partial charge in [-0.25, -0.2) is 4.21 Å². The highest BCUT2D eigenvalue weighted by Crippen LogP contribution is 2.35. The predicted octanol–water partition coefficient (Wildman–Crippen LogP) is 3.34. The Morgan fingerprint density at radius 1 is 1.23 bits per heavy atom. The molecule has 7 nitrogen and oxygen atoms in total. The molecule has 0 aliphatic heterocycles. The van der Waals surface area contributed by atoms with Crippen molar-refractivity contribution in [2.24, 2.45) is 0 Å². The number of anilines is 1. The molecule has 2 aromatic heterocycles. The van der Waals surface area contributed by atoms with E-state index in [4.69, 9.17) is 9.52 Å². The van der Waals surface area contributed by atoms with Gasteiger partial charge in [-0.15, -0.1) is 0 Å². The van der Waals surface area contributed by atoms with Gasteiger partial charge in [0.15, 0.2) is 0 Å². The third-order valence-corrected chi connectivity index (χ3v) is 5.91. The normalized spacial score (nSPS) is 12.2. The molecule has 0 radical (unpaired) electrons. The van der Waals surface area contributed by atoms with Gasteiger partial charge in [-0.2, -0.15) is 4.98 Å². The highest BCUT2D eigenvalue weighted by Gasteiger charge is 2.25. The fourth-order valence-electron chi connectivity index (χ4n) is 3.35. The zero-order valence-corrected chi connectivity index (χ0v) is 18.5. The zero-order valence-electron chi connectivity index (χ0n) is 17.7. The van der Waals surface area contributed by atoms with E-state index in [2.05, 4.69) is 10.3 Å². The van der Waals surface area contributed by atoms with Gasteiger partial charge < -0.3 is 14.8 Å². The standard InChI is InChI=1S/C22H27N3O4S/c1-14-7-9-16(10-8-14)19-18(21(27)23-3)17-13-15(2)20(24-22(17)29-19)25(30(4)28)11-5-6-12-26/h7-10,13,26H,5-6,11-12H2,1-4H3,(H,23,27). The molecule has 0 aliphatic rings. The number of aromatic nitrogens is 1. The van der Waals surface area contributed by atoms with Crippen LogP contribution in [0.1, 0.15) is 34.3 Å². The molecule has 0 spiro atoms. The number of unbranched alkanes of at least 4 members (excludes halogenated alkanes) is 1.